The van der Waals surface area contributed by atoms with Crippen LogP contribution in [0.1, 0.15) is 16.7 Å². The van der Waals surface area contributed by atoms with Crippen LogP contribution in [0.5, 0.6) is 17.2 Å². The molecule has 1 atom stereocenters. The van der Waals surface area contributed by atoms with Gasteiger partial charge in [0, 0.05) is 19.6 Å². The average Bonchev–Trinajstić information content (AvgIpc) is 2.66. The van der Waals surface area contributed by atoms with E-state index in [1.165, 1.54) is 16.7 Å². The lowest BCUT2D eigenvalue weighted by Crippen LogP contribution is -2.38. The Hall–Kier alpha value is -2.24. The second kappa shape index (κ2) is 8.43. The highest BCUT2D eigenvalue weighted by Crippen LogP contribution is 2.33. The Kier molecular flexibility index (Phi) is 6.01. The molecule has 1 aliphatic rings. The molecule has 0 aliphatic carbocycles. The van der Waals surface area contributed by atoms with Crippen LogP contribution in [-0.2, 0) is 13.0 Å². The maximum absolute atomic E-state index is 10.3. The summed E-state index contributed by atoms with van der Waals surface area (Å²) in [5.74, 6) is 2.30. The van der Waals surface area contributed by atoms with Crippen molar-refractivity contribution in [3.8, 4) is 17.2 Å². The molecule has 5 heteroatoms. The lowest BCUT2D eigenvalue weighted by atomic mass is 9.98. The highest BCUT2D eigenvalue weighted by atomic mass is 16.5. The third kappa shape index (κ3) is 4.48. The van der Waals surface area contributed by atoms with Crippen LogP contribution in [0.3, 0.4) is 0 Å². The third-order valence-electron chi connectivity index (χ3n) is 4.73. The van der Waals surface area contributed by atoms with Crippen LogP contribution in [0.2, 0.25) is 0 Å². The lowest BCUT2D eigenvalue weighted by Gasteiger charge is -2.31. The van der Waals surface area contributed by atoms with Crippen molar-refractivity contribution in [2.45, 2.75) is 26.0 Å². The Morgan fingerprint density at radius 1 is 1.04 bits per heavy atom. The van der Waals surface area contributed by atoms with E-state index in [0.717, 1.165) is 36.8 Å². The maximum Gasteiger partial charge on any atom is 0.161 e. The molecular formula is C21H27NO4. The first-order valence-electron chi connectivity index (χ1n) is 8.92. The topological polar surface area (TPSA) is 51.2 Å². The normalized spacial score (nSPS) is 15.2. The molecule has 0 saturated carbocycles. The molecule has 0 amide bonds. The fraction of sp³-hybridized carbons (Fsp3) is 0.429. The average molecular weight is 357 g/mol. The number of aliphatic hydroxyl groups is 1. The number of hydrogen-bond acceptors (Lipinski definition) is 5. The molecule has 0 radical (unpaired) electrons. The van der Waals surface area contributed by atoms with E-state index in [0.29, 0.717) is 13.2 Å². The van der Waals surface area contributed by atoms with Crippen LogP contribution in [0.15, 0.2) is 36.4 Å². The molecule has 2 aromatic carbocycles. The van der Waals surface area contributed by atoms with Gasteiger partial charge in [-0.1, -0.05) is 17.7 Å². The number of ether oxygens (including phenoxy) is 3. The Bertz CT molecular complexity index is 730. The van der Waals surface area contributed by atoms with E-state index in [9.17, 15) is 5.11 Å². The summed E-state index contributed by atoms with van der Waals surface area (Å²) in [5.41, 5.74) is 3.70. The highest BCUT2D eigenvalue weighted by Gasteiger charge is 2.21. The van der Waals surface area contributed by atoms with Gasteiger partial charge in [0.15, 0.2) is 11.5 Å². The minimum atomic E-state index is -0.530. The summed E-state index contributed by atoms with van der Waals surface area (Å²) >= 11 is 0. The van der Waals surface area contributed by atoms with Crippen molar-refractivity contribution in [3.05, 3.63) is 53.1 Å². The predicted molar refractivity (Wildman–Crippen MR) is 101 cm³/mol. The summed E-state index contributed by atoms with van der Waals surface area (Å²) in [6.07, 6.45) is 0.402. The van der Waals surface area contributed by atoms with E-state index in [4.69, 9.17) is 14.2 Å². The van der Waals surface area contributed by atoms with Crippen LogP contribution in [0.4, 0.5) is 0 Å². The van der Waals surface area contributed by atoms with Gasteiger partial charge in [0.25, 0.3) is 0 Å². The molecule has 1 unspecified atom stereocenters. The Labute approximate surface area is 155 Å². The zero-order valence-electron chi connectivity index (χ0n) is 15.7. The molecule has 0 bridgehead atoms. The summed E-state index contributed by atoms with van der Waals surface area (Å²) in [7, 11) is 3.31. The van der Waals surface area contributed by atoms with Crippen molar-refractivity contribution in [1.29, 1.82) is 0 Å². The van der Waals surface area contributed by atoms with E-state index in [-0.39, 0.29) is 0 Å². The Morgan fingerprint density at radius 3 is 2.35 bits per heavy atom. The second-order valence-corrected chi connectivity index (χ2v) is 6.74. The van der Waals surface area contributed by atoms with Crippen molar-refractivity contribution in [1.82, 2.24) is 4.90 Å². The SMILES string of the molecule is COc1cc2c(cc1OC)CN(CC(O)COc1ccc(C)cc1)CC2. The standard InChI is InChI=1S/C21H27NO4/c1-15-4-6-19(7-5-15)26-14-18(23)13-22-9-8-16-10-20(24-2)21(25-3)11-17(16)12-22/h4-7,10-11,18,23H,8-9,12-14H2,1-3H3. The fourth-order valence-electron chi connectivity index (χ4n) is 3.28. The molecule has 2 aromatic rings. The summed E-state index contributed by atoms with van der Waals surface area (Å²) in [4.78, 5) is 2.25. The number of aryl methyl sites for hydroxylation is 1. The van der Waals surface area contributed by atoms with Crippen LogP contribution in [0, 0.1) is 6.92 Å². The number of benzene rings is 2. The molecule has 3 rings (SSSR count). The first-order chi connectivity index (χ1) is 12.6. The van der Waals surface area contributed by atoms with Gasteiger partial charge in [0.2, 0.25) is 0 Å². The van der Waals surface area contributed by atoms with Crippen molar-refractivity contribution >= 4 is 0 Å². The number of fused-ring (bicyclic) bond motifs is 1. The number of methoxy groups -OCH3 is 2. The van der Waals surface area contributed by atoms with Crippen molar-refractivity contribution in [2.75, 3.05) is 33.9 Å². The Balaban J connectivity index is 1.55. The Morgan fingerprint density at radius 2 is 1.69 bits per heavy atom. The summed E-state index contributed by atoms with van der Waals surface area (Å²) in [5, 5.41) is 10.3. The van der Waals surface area contributed by atoms with Crippen LogP contribution in [0.25, 0.3) is 0 Å². The number of rotatable bonds is 7. The van der Waals surface area contributed by atoms with Gasteiger partial charge >= 0.3 is 0 Å². The van der Waals surface area contributed by atoms with Gasteiger partial charge in [-0.2, -0.15) is 0 Å². The van der Waals surface area contributed by atoms with Crippen LogP contribution in [-0.4, -0.2) is 50.0 Å². The number of nitrogens with zero attached hydrogens (tertiary/aromatic N) is 1. The van der Waals surface area contributed by atoms with Gasteiger partial charge in [0.1, 0.15) is 18.5 Å². The van der Waals surface area contributed by atoms with E-state index in [1.54, 1.807) is 14.2 Å². The molecule has 1 aliphatic heterocycles. The van der Waals surface area contributed by atoms with Gasteiger partial charge in [0.05, 0.1) is 14.2 Å². The summed E-state index contributed by atoms with van der Waals surface area (Å²) in [6, 6.07) is 12.0. The van der Waals surface area contributed by atoms with Crippen molar-refractivity contribution in [2.24, 2.45) is 0 Å². The molecule has 140 valence electrons. The molecule has 0 fully saturated rings. The zero-order valence-corrected chi connectivity index (χ0v) is 15.7. The van der Waals surface area contributed by atoms with Gasteiger partial charge in [-0.05, 0) is 48.7 Å². The van der Waals surface area contributed by atoms with Gasteiger partial charge in [-0.3, -0.25) is 4.90 Å². The molecule has 1 N–H and O–H groups in total. The van der Waals surface area contributed by atoms with Crippen LogP contribution >= 0.6 is 0 Å². The minimum absolute atomic E-state index is 0.290. The number of β-amino-alcohol motifs (C(OH)–C–C–N with tert-alkyl or cyclic N) is 1. The molecule has 26 heavy (non-hydrogen) atoms. The molecule has 0 saturated heterocycles. The second-order valence-electron chi connectivity index (χ2n) is 6.74. The number of aliphatic hydroxyl groups excluding tert-OH is 1. The first kappa shape index (κ1) is 18.5. The lowest BCUT2D eigenvalue weighted by molar-refractivity contribution is 0.0637. The largest absolute Gasteiger partial charge is 0.493 e. The third-order valence-corrected chi connectivity index (χ3v) is 4.73. The quantitative estimate of drug-likeness (QED) is 0.826. The molecule has 1 heterocycles. The fourth-order valence-corrected chi connectivity index (χ4v) is 3.28. The van der Waals surface area contributed by atoms with Gasteiger partial charge in [-0.15, -0.1) is 0 Å². The molecular weight excluding hydrogens is 330 g/mol. The summed E-state index contributed by atoms with van der Waals surface area (Å²) in [6.45, 7) is 4.61. The first-order valence-corrected chi connectivity index (χ1v) is 8.92. The maximum atomic E-state index is 10.3. The molecule has 0 spiro atoms. The van der Waals surface area contributed by atoms with Crippen LogP contribution < -0.4 is 14.2 Å². The van der Waals surface area contributed by atoms with Gasteiger partial charge in [-0.25, -0.2) is 0 Å². The molecule has 5 nitrogen and oxygen atoms in total. The van der Waals surface area contributed by atoms with E-state index >= 15 is 0 Å². The predicted octanol–water partition coefficient (Wildman–Crippen LogP) is 2.81. The van der Waals surface area contributed by atoms with Gasteiger partial charge < -0.3 is 19.3 Å². The smallest absolute Gasteiger partial charge is 0.161 e. The van der Waals surface area contributed by atoms with E-state index in [1.807, 2.05) is 37.3 Å². The number of hydrogen-bond donors (Lipinski definition) is 1. The molecule has 0 aromatic heterocycles. The van der Waals surface area contributed by atoms with Crippen molar-refractivity contribution in [3.63, 3.8) is 0 Å². The van der Waals surface area contributed by atoms with Crippen molar-refractivity contribution < 1.29 is 19.3 Å². The van der Waals surface area contributed by atoms with E-state index in [2.05, 4.69) is 11.0 Å². The monoisotopic (exact) mass is 357 g/mol. The zero-order chi connectivity index (χ0) is 18.5. The van der Waals surface area contributed by atoms with E-state index < -0.39 is 6.10 Å². The summed E-state index contributed by atoms with van der Waals surface area (Å²) < 4.78 is 16.5. The highest BCUT2D eigenvalue weighted by molar-refractivity contribution is 5.48. The minimum Gasteiger partial charge on any atom is -0.493 e.